The lowest BCUT2D eigenvalue weighted by Crippen LogP contribution is -2.59. The Morgan fingerprint density at radius 2 is 1.78 bits per heavy atom. The Hall–Kier alpha value is -2.57. The second-order valence-electron chi connectivity index (χ2n) is 7.75. The van der Waals surface area contributed by atoms with Gasteiger partial charge in [-0.2, -0.15) is 0 Å². The molecule has 2 saturated carbocycles. The van der Waals surface area contributed by atoms with Gasteiger partial charge in [0.2, 0.25) is 5.91 Å². The summed E-state index contributed by atoms with van der Waals surface area (Å²) in [5.41, 5.74) is -0.0282. The number of hydrogen-bond donors (Lipinski definition) is 0. The number of fused-ring (bicyclic) bond motifs is 2. The summed E-state index contributed by atoms with van der Waals surface area (Å²) < 4.78 is 16.1. The number of Topliss-reactive ketones (excluding diaryl/α,β-unsaturated/α-hetero) is 1. The largest absolute Gasteiger partial charge is 0.493 e. The minimum absolute atomic E-state index is 0.00312. The number of methoxy groups -OCH3 is 3. The molecule has 27 heavy (non-hydrogen) atoms. The molecule has 2 unspecified atom stereocenters. The summed E-state index contributed by atoms with van der Waals surface area (Å²) in [5, 5.41) is 0. The van der Waals surface area contributed by atoms with Crippen LogP contribution in [-0.4, -0.2) is 50.4 Å². The molecule has 7 nitrogen and oxygen atoms in total. The third-order valence-corrected chi connectivity index (χ3v) is 7.15. The number of hydrogen-bond acceptors (Lipinski definition) is 6. The van der Waals surface area contributed by atoms with Gasteiger partial charge < -0.3 is 19.1 Å². The second-order valence-corrected chi connectivity index (χ2v) is 7.75. The molecule has 0 bridgehead atoms. The van der Waals surface area contributed by atoms with Gasteiger partial charge in [0.25, 0.3) is 0 Å². The molecule has 0 radical (unpaired) electrons. The molecule has 142 valence electrons. The van der Waals surface area contributed by atoms with Crippen LogP contribution in [0.5, 0.6) is 11.5 Å². The molecular weight excluding hydrogens is 350 g/mol. The van der Waals surface area contributed by atoms with Crippen LogP contribution in [0.15, 0.2) is 12.1 Å². The average Bonchev–Trinajstić information content (AvgIpc) is 3.35. The van der Waals surface area contributed by atoms with E-state index in [4.69, 9.17) is 14.2 Å². The number of amides is 1. The monoisotopic (exact) mass is 371 g/mol. The highest BCUT2D eigenvalue weighted by molar-refractivity contribution is 6.10. The van der Waals surface area contributed by atoms with Gasteiger partial charge >= 0.3 is 5.97 Å². The van der Waals surface area contributed by atoms with Crippen molar-refractivity contribution >= 4 is 17.7 Å². The number of carbonyl (C=O) groups is 3. The summed E-state index contributed by atoms with van der Waals surface area (Å²) in [5.74, 6) is -0.550. The lowest BCUT2D eigenvalue weighted by molar-refractivity contribution is -0.161. The van der Waals surface area contributed by atoms with E-state index in [-0.39, 0.29) is 11.7 Å². The van der Waals surface area contributed by atoms with Crippen molar-refractivity contribution in [3.05, 3.63) is 23.3 Å². The van der Waals surface area contributed by atoms with Crippen molar-refractivity contribution in [2.24, 2.45) is 17.3 Å². The summed E-state index contributed by atoms with van der Waals surface area (Å²) in [4.78, 5) is 40.6. The highest BCUT2D eigenvalue weighted by Crippen LogP contribution is 2.79. The predicted octanol–water partition coefficient (Wildman–Crippen LogP) is 1.07. The number of piperidine rings is 1. The van der Waals surface area contributed by atoms with E-state index in [2.05, 4.69) is 0 Å². The first-order chi connectivity index (χ1) is 13.0. The molecule has 1 saturated heterocycles. The van der Waals surface area contributed by atoms with Crippen LogP contribution in [0.3, 0.4) is 0 Å². The van der Waals surface area contributed by atoms with Crippen LogP contribution in [0.4, 0.5) is 0 Å². The van der Waals surface area contributed by atoms with Crippen LogP contribution in [0, 0.1) is 17.3 Å². The van der Waals surface area contributed by atoms with Crippen LogP contribution in [-0.2, 0) is 31.1 Å². The molecular formula is C20H21NO6. The van der Waals surface area contributed by atoms with Crippen LogP contribution >= 0.6 is 0 Å². The smallest absolute Gasteiger partial charge is 0.316 e. The van der Waals surface area contributed by atoms with Gasteiger partial charge in [0.15, 0.2) is 11.5 Å². The van der Waals surface area contributed by atoms with E-state index < -0.39 is 28.8 Å². The normalized spacial score (nSPS) is 35.1. The number of benzene rings is 1. The third-order valence-electron chi connectivity index (χ3n) is 7.15. The maximum Gasteiger partial charge on any atom is 0.316 e. The van der Waals surface area contributed by atoms with Gasteiger partial charge in [0.05, 0.1) is 38.7 Å². The molecule has 3 fully saturated rings. The summed E-state index contributed by atoms with van der Waals surface area (Å²) in [6.45, 7) is 0.525. The number of esters is 1. The van der Waals surface area contributed by atoms with Gasteiger partial charge in [-0.15, -0.1) is 0 Å². The van der Waals surface area contributed by atoms with Crippen molar-refractivity contribution in [1.82, 2.24) is 4.90 Å². The van der Waals surface area contributed by atoms with Gasteiger partial charge in [0.1, 0.15) is 11.2 Å². The first-order valence-electron chi connectivity index (χ1n) is 9.17. The van der Waals surface area contributed by atoms with E-state index in [0.29, 0.717) is 37.3 Å². The van der Waals surface area contributed by atoms with E-state index in [1.165, 1.54) is 7.11 Å². The van der Waals surface area contributed by atoms with E-state index >= 15 is 0 Å². The Morgan fingerprint density at radius 3 is 2.44 bits per heavy atom. The molecule has 7 heteroatoms. The fraction of sp³-hybridized carbons (Fsp3) is 0.550. The average molecular weight is 371 g/mol. The lowest BCUT2D eigenvalue weighted by Gasteiger charge is -2.51. The molecule has 4 aliphatic rings. The quantitative estimate of drug-likeness (QED) is 0.739. The maximum absolute atomic E-state index is 13.2. The van der Waals surface area contributed by atoms with Crippen molar-refractivity contribution in [1.29, 1.82) is 0 Å². The Bertz CT molecular complexity index is 910. The molecule has 5 rings (SSSR count). The van der Waals surface area contributed by atoms with E-state index in [1.807, 2.05) is 17.0 Å². The van der Waals surface area contributed by atoms with E-state index in [9.17, 15) is 14.4 Å². The molecule has 4 atom stereocenters. The zero-order valence-electron chi connectivity index (χ0n) is 15.5. The molecule has 2 aliphatic heterocycles. The second kappa shape index (κ2) is 5.03. The van der Waals surface area contributed by atoms with Crippen LogP contribution in [0.2, 0.25) is 0 Å². The van der Waals surface area contributed by atoms with Crippen molar-refractivity contribution < 1.29 is 28.6 Å². The van der Waals surface area contributed by atoms with Crippen LogP contribution in [0.1, 0.15) is 24.0 Å². The van der Waals surface area contributed by atoms with Crippen molar-refractivity contribution in [2.75, 3.05) is 27.9 Å². The summed E-state index contributed by atoms with van der Waals surface area (Å²) in [6, 6.07) is 3.81. The Balaban J connectivity index is 1.81. The molecule has 1 aromatic rings. The predicted molar refractivity (Wildman–Crippen MR) is 92.3 cm³/mol. The minimum Gasteiger partial charge on any atom is -0.493 e. The summed E-state index contributed by atoms with van der Waals surface area (Å²) in [6.07, 6.45) is 1.46. The molecule has 2 aliphatic carbocycles. The Labute approximate surface area is 156 Å². The third kappa shape index (κ3) is 1.55. The number of ether oxygens (including phenoxy) is 3. The first kappa shape index (κ1) is 16.6. The fourth-order valence-corrected chi connectivity index (χ4v) is 6.20. The summed E-state index contributed by atoms with van der Waals surface area (Å²) >= 11 is 0. The molecule has 1 amide bonds. The minimum atomic E-state index is -1.11. The number of ketones is 1. The molecule has 2 heterocycles. The Morgan fingerprint density at radius 1 is 1.07 bits per heavy atom. The van der Waals surface area contributed by atoms with Gasteiger partial charge in [-0.3, -0.25) is 14.4 Å². The van der Waals surface area contributed by atoms with Crippen LogP contribution < -0.4 is 9.47 Å². The fourth-order valence-electron chi connectivity index (χ4n) is 6.20. The lowest BCUT2D eigenvalue weighted by atomic mass is 9.64. The zero-order valence-corrected chi connectivity index (χ0v) is 15.5. The highest BCUT2D eigenvalue weighted by Gasteiger charge is 2.91. The first-order valence-corrected chi connectivity index (χ1v) is 9.17. The number of rotatable bonds is 3. The highest BCUT2D eigenvalue weighted by atomic mass is 16.5. The molecule has 1 aromatic carbocycles. The van der Waals surface area contributed by atoms with Crippen molar-refractivity contribution in [2.45, 2.75) is 24.8 Å². The van der Waals surface area contributed by atoms with E-state index in [1.54, 1.807) is 14.2 Å². The number of nitrogens with zero attached hydrogens (tertiary/aromatic N) is 1. The Kier molecular flexibility index (Phi) is 3.09. The topological polar surface area (TPSA) is 82.1 Å². The zero-order chi connectivity index (χ0) is 19.1. The molecule has 0 aromatic heterocycles. The van der Waals surface area contributed by atoms with Gasteiger partial charge in [-0.25, -0.2) is 0 Å². The summed E-state index contributed by atoms with van der Waals surface area (Å²) in [7, 11) is 4.47. The molecule has 1 spiro atoms. The SMILES string of the molecule is COC(=O)[C@@]12C3C(=O)CC[C@@]14c1cc(OC)c(OC)cc1CCN4C(=O)C32. The molecule has 0 N–H and O–H groups in total. The van der Waals surface area contributed by atoms with Crippen LogP contribution in [0.25, 0.3) is 0 Å². The van der Waals surface area contributed by atoms with Gasteiger partial charge in [-0.1, -0.05) is 0 Å². The van der Waals surface area contributed by atoms with Gasteiger partial charge in [0, 0.05) is 13.0 Å². The number of carbonyl (C=O) groups excluding carboxylic acids is 3. The van der Waals surface area contributed by atoms with Gasteiger partial charge in [-0.05, 0) is 36.1 Å². The maximum atomic E-state index is 13.2. The van der Waals surface area contributed by atoms with E-state index in [0.717, 1.165) is 11.1 Å². The van der Waals surface area contributed by atoms with Crippen molar-refractivity contribution in [3.63, 3.8) is 0 Å². The van der Waals surface area contributed by atoms with Crippen molar-refractivity contribution in [3.8, 4) is 11.5 Å². The standard InChI is InChI=1S/C20H21NO6/c1-25-13-8-10-5-7-21-17(23)16-15-12(22)4-6-19(21,11(10)9-14(13)26-2)20(15,16)18(24)27-3/h8-9,15-16H,4-7H2,1-3H3/t15?,16?,19-,20+/m1/s1.